The standard InChI is InChI=1S/C7H13NOS/c8-5-7(6-9)1-3-10-4-2-7/h6H,1-5,8H2. The van der Waals surface area contributed by atoms with Gasteiger partial charge in [-0.05, 0) is 24.3 Å². The number of aldehydes is 1. The van der Waals surface area contributed by atoms with Crippen LogP contribution >= 0.6 is 11.8 Å². The number of carbonyl (C=O) groups is 1. The molecule has 0 spiro atoms. The predicted octanol–water partition coefficient (Wildman–Crippen LogP) is 0.657. The summed E-state index contributed by atoms with van der Waals surface area (Å²) in [6.45, 7) is 0.525. The minimum atomic E-state index is -0.161. The van der Waals surface area contributed by atoms with Gasteiger partial charge in [-0.3, -0.25) is 0 Å². The van der Waals surface area contributed by atoms with Crippen LogP contribution < -0.4 is 5.73 Å². The van der Waals surface area contributed by atoms with Crippen LogP contribution in [0.2, 0.25) is 0 Å². The maximum absolute atomic E-state index is 10.6. The summed E-state index contributed by atoms with van der Waals surface area (Å²) in [7, 11) is 0. The summed E-state index contributed by atoms with van der Waals surface area (Å²) in [5.74, 6) is 2.19. The minimum absolute atomic E-state index is 0.161. The fraction of sp³-hybridized carbons (Fsp3) is 0.857. The second-order valence-electron chi connectivity index (χ2n) is 2.80. The average Bonchev–Trinajstić information content (AvgIpc) is 2.06. The fourth-order valence-corrected chi connectivity index (χ4v) is 2.45. The van der Waals surface area contributed by atoms with Crippen molar-refractivity contribution in [1.82, 2.24) is 0 Å². The highest BCUT2D eigenvalue weighted by Crippen LogP contribution is 2.31. The summed E-state index contributed by atoms with van der Waals surface area (Å²) in [5, 5.41) is 0. The minimum Gasteiger partial charge on any atom is -0.329 e. The van der Waals surface area contributed by atoms with Gasteiger partial charge in [-0.1, -0.05) is 0 Å². The molecule has 3 heteroatoms. The highest BCUT2D eigenvalue weighted by molar-refractivity contribution is 7.99. The van der Waals surface area contributed by atoms with E-state index in [1.165, 1.54) is 0 Å². The van der Waals surface area contributed by atoms with Crippen molar-refractivity contribution in [3.05, 3.63) is 0 Å². The van der Waals surface area contributed by atoms with Gasteiger partial charge in [0.25, 0.3) is 0 Å². The molecule has 1 aliphatic heterocycles. The summed E-state index contributed by atoms with van der Waals surface area (Å²) in [4.78, 5) is 10.6. The molecule has 0 aromatic heterocycles. The Bertz CT molecular complexity index is 121. The molecule has 10 heavy (non-hydrogen) atoms. The maximum Gasteiger partial charge on any atom is 0.127 e. The number of thioether (sulfide) groups is 1. The van der Waals surface area contributed by atoms with Crippen LogP contribution in [0, 0.1) is 5.41 Å². The third kappa shape index (κ3) is 1.52. The largest absolute Gasteiger partial charge is 0.329 e. The van der Waals surface area contributed by atoms with Gasteiger partial charge in [0.2, 0.25) is 0 Å². The monoisotopic (exact) mass is 159 g/mol. The molecule has 0 saturated carbocycles. The van der Waals surface area contributed by atoms with Crippen LogP contribution in [0.5, 0.6) is 0 Å². The smallest absolute Gasteiger partial charge is 0.127 e. The van der Waals surface area contributed by atoms with Crippen molar-refractivity contribution in [3.63, 3.8) is 0 Å². The molecule has 1 heterocycles. The second kappa shape index (κ2) is 3.39. The van der Waals surface area contributed by atoms with Crippen molar-refractivity contribution in [1.29, 1.82) is 0 Å². The molecular weight excluding hydrogens is 146 g/mol. The van der Waals surface area contributed by atoms with Crippen molar-refractivity contribution in [2.45, 2.75) is 12.8 Å². The van der Waals surface area contributed by atoms with E-state index in [0.29, 0.717) is 6.54 Å². The van der Waals surface area contributed by atoms with Crippen molar-refractivity contribution >= 4 is 18.0 Å². The van der Waals surface area contributed by atoms with Crippen molar-refractivity contribution in [3.8, 4) is 0 Å². The first-order valence-electron chi connectivity index (χ1n) is 3.57. The third-order valence-corrected chi connectivity index (χ3v) is 3.13. The van der Waals surface area contributed by atoms with Crippen LogP contribution in [0.1, 0.15) is 12.8 Å². The lowest BCUT2D eigenvalue weighted by atomic mass is 9.84. The third-order valence-electron chi connectivity index (χ3n) is 2.15. The van der Waals surface area contributed by atoms with Crippen molar-refractivity contribution in [2.75, 3.05) is 18.1 Å². The summed E-state index contributed by atoms with van der Waals surface area (Å²) >= 11 is 1.91. The van der Waals surface area contributed by atoms with E-state index in [0.717, 1.165) is 30.6 Å². The van der Waals surface area contributed by atoms with Crippen molar-refractivity contribution in [2.24, 2.45) is 11.1 Å². The van der Waals surface area contributed by atoms with E-state index < -0.39 is 0 Å². The molecule has 0 aliphatic carbocycles. The van der Waals surface area contributed by atoms with Crippen LogP contribution in [0.4, 0.5) is 0 Å². The quantitative estimate of drug-likeness (QED) is 0.602. The van der Waals surface area contributed by atoms with Gasteiger partial charge in [0.1, 0.15) is 6.29 Å². The van der Waals surface area contributed by atoms with Gasteiger partial charge in [0.15, 0.2) is 0 Å². The summed E-state index contributed by atoms with van der Waals surface area (Å²) in [5.41, 5.74) is 5.35. The first-order chi connectivity index (χ1) is 4.83. The molecular formula is C7H13NOS. The lowest BCUT2D eigenvalue weighted by molar-refractivity contribution is -0.116. The molecule has 2 nitrogen and oxygen atoms in total. The highest BCUT2D eigenvalue weighted by Gasteiger charge is 2.29. The van der Waals surface area contributed by atoms with Gasteiger partial charge >= 0.3 is 0 Å². The maximum atomic E-state index is 10.6. The van der Waals surface area contributed by atoms with Gasteiger partial charge in [-0.15, -0.1) is 0 Å². The zero-order valence-corrected chi connectivity index (χ0v) is 6.82. The molecule has 0 bridgehead atoms. The number of nitrogens with two attached hydrogens (primary N) is 1. The molecule has 0 amide bonds. The van der Waals surface area contributed by atoms with Gasteiger partial charge < -0.3 is 10.5 Å². The van der Waals surface area contributed by atoms with Crippen LogP contribution in [0.3, 0.4) is 0 Å². The first-order valence-corrected chi connectivity index (χ1v) is 4.73. The highest BCUT2D eigenvalue weighted by atomic mass is 32.2. The van der Waals surface area contributed by atoms with Crippen LogP contribution in [-0.2, 0) is 4.79 Å². The zero-order chi connectivity index (χ0) is 7.45. The lowest BCUT2D eigenvalue weighted by Crippen LogP contribution is -2.35. The Kier molecular flexibility index (Phi) is 2.74. The molecule has 0 radical (unpaired) electrons. The molecule has 0 aromatic rings. The van der Waals surface area contributed by atoms with Gasteiger partial charge in [0, 0.05) is 12.0 Å². The molecule has 2 N–H and O–H groups in total. The molecule has 1 fully saturated rings. The summed E-state index contributed by atoms with van der Waals surface area (Å²) in [6.07, 6.45) is 2.99. The van der Waals surface area contributed by atoms with E-state index >= 15 is 0 Å². The number of carbonyl (C=O) groups excluding carboxylic acids is 1. The Morgan fingerprint density at radius 1 is 1.50 bits per heavy atom. The zero-order valence-electron chi connectivity index (χ0n) is 6.01. The molecule has 0 unspecified atom stereocenters. The molecule has 58 valence electrons. The van der Waals surface area contributed by atoms with E-state index in [-0.39, 0.29) is 5.41 Å². The number of rotatable bonds is 2. The van der Waals surface area contributed by atoms with Crippen LogP contribution in [0.25, 0.3) is 0 Å². The Morgan fingerprint density at radius 2 is 2.10 bits per heavy atom. The van der Waals surface area contributed by atoms with Crippen molar-refractivity contribution < 1.29 is 4.79 Å². The lowest BCUT2D eigenvalue weighted by Gasteiger charge is -2.29. The molecule has 0 aromatic carbocycles. The topological polar surface area (TPSA) is 43.1 Å². The summed E-state index contributed by atoms with van der Waals surface area (Å²) in [6, 6.07) is 0. The Labute approximate surface area is 65.5 Å². The van der Waals surface area contributed by atoms with Crippen LogP contribution in [0.15, 0.2) is 0 Å². The Morgan fingerprint density at radius 3 is 2.40 bits per heavy atom. The number of hydrogen-bond acceptors (Lipinski definition) is 3. The molecule has 1 saturated heterocycles. The van der Waals surface area contributed by atoms with E-state index in [4.69, 9.17) is 5.73 Å². The molecule has 0 atom stereocenters. The second-order valence-corrected chi connectivity index (χ2v) is 4.02. The van der Waals surface area contributed by atoms with Crippen LogP contribution in [-0.4, -0.2) is 24.3 Å². The van der Waals surface area contributed by atoms with Gasteiger partial charge in [-0.25, -0.2) is 0 Å². The fourth-order valence-electron chi connectivity index (χ4n) is 1.15. The normalized spacial score (nSPS) is 24.1. The van der Waals surface area contributed by atoms with Gasteiger partial charge in [-0.2, -0.15) is 11.8 Å². The summed E-state index contributed by atoms with van der Waals surface area (Å²) < 4.78 is 0. The Balaban J connectivity index is 2.52. The van der Waals surface area contributed by atoms with E-state index in [2.05, 4.69) is 0 Å². The van der Waals surface area contributed by atoms with E-state index in [1.807, 2.05) is 11.8 Å². The number of hydrogen-bond donors (Lipinski definition) is 1. The average molecular weight is 159 g/mol. The molecule has 1 rings (SSSR count). The van der Waals surface area contributed by atoms with Gasteiger partial charge in [0.05, 0.1) is 0 Å². The molecule has 1 aliphatic rings. The first kappa shape index (κ1) is 8.08. The predicted molar refractivity (Wildman–Crippen MR) is 44.1 cm³/mol. The van der Waals surface area contributed by atoms with E-state index in [1.54, 1.807) is 0 Å². The van der Waals surface area contributed by atoms with E-state index in [9.17, 15) is 4.79 Å². The Hall–Kier alpha value is -0.0200. The SMILES string of the molecule is NCC1(C=O)CCSCC1.